The van der Waals surface area contributed by atoms with Gasteiger partial charge in [-0.15, -0.1) is 0 Å². The summed E-state index contributed by atoms with van der Waals surface area (Å²) < 4.78 is 5.29. The van der Waals surface area contributed by atoms with E-state index in [1.165, 1.54) is 0 Å². The second kappa shape index (κ2) is 7.23. The van der Waals surface area contributed by atoms with Gasteiger partial charge in [-0.2, -0.15) is 0 Å². The Morgan fingerprint density at radius 2 is 2.00 bits per heavy atom. The van der Waals surface area contributed by atoms with Crippen LogP contribution in [-0.2, 0) is 4.79 Å². The smallest absolute Gasteiger partial charge is 0.274 e. The zero-order valence-electron chi connectivity index (χ0n) is 13.7. The van der Waals surface area contributed by atoms with Crippen molar-refractivity contribution in [1.82, 2.24) is 10.8 Å². The van der Waals surface area contributed by atoms with Crippen LogP contribution in [-0.4, -0.2) is 36.7 Å². The van der Waals surface area contributed by atoms with E-state index < -0.39 is 5.91 Å². The van der Waals surface area contributed by atoms with Gasteiger partial charge in [0.25, 0.3) is 5.91 Å². The largest absolute Gasteiger partial charge is 0.497 e. The minimum atomic E-state index is -0.585. The molecule has 1 unspecified atom stereocenters. The van der Waals surface area contributed by atoms with E-state index in [0.717, 1.165) is 11.4 Å². The fourth-order valence-electron chi connectivity index (χ4n) is 2.93. The Morgan fingerprint density at radius 1 is 1.24 bits per heavy atom. The van der Waals surface area contributed by atoms with Crippen molar-refractivity contribution in [3.05, 3.63) is 54.1 Å². The van der Waals surface area contributed by atoms with Crippen LogP contribution in [0.3, 0.4) is 0 Å². The number of benzene rings is 2. The van der Waals surface area contributed by atoms with Crippen LogP contribution in [0.2, 0.25) is 0 Å². The quantitative estimate of drug-likeness (QED) is 0.570. The average Bonchev–Trinajstić information content (AvgIpc) is 3.08. The van der Waals surface area contributed by atoms with E-state index in [1.54, 1.807) is 36.9 Å². The number of nitrogens with one attached hydrogen (secondary N) is 2. The molecular formula is C18H19N3O4. The maximum Gasteiger partial charge on any atom is 0.274 e. The fraction of sp³-hybridized carbons (Fsp3) is 0.222. The average molecular weight is 341 g/mol. The van der Waals surface area contributed by atoms with Crippen molar-refractivity contribution in [2.24, 2.45) is 0 Å². The first-order valence-electron chi connectivity index (χ1n) is 7.89. The second-order valence-electron chi connectivity index (χ2n) is 5.65. The predicted octanol–water partition coefficient (Wildman–Crippen LogP) is 1.84. The van der Waals surface area contributed by atoms with Crippen LogP contribution in [0, 0.1) is 0 Å². The van der Waals surface area contributed by atoms with Gasteiger partial charge in [0.2, 0.25) is 5.91 Å². The summed E-state index contributed by atoms with van der Waals surface area (Å²) in [5, 5.41) is 11.6. The monoisotopic (exact) mass is 341 g/mol. The zero-order valence-corrected chi connectivity index (χ0v) is 13.7. The van der Waals surface area contributed by atoms with Gasteiger partial charge in [-0.3, -0.25) is 14.8 Å². The van der Waals surface area contributed by atoms with E-state index in [0.29, 0.717) is 24.3 Å². The third kappa shape index (κ3) is 3.41. The summed E-state index contributed by atoms with van der Waals surface area (Å²) in [6.45, 7) is 0.620. The molecule has 0 aliphatic carbocycles. The SMILES string of the molecule is COc1cccc(N(c2ccc(C(=O)NO)cc2)C2CCNC2=O)c1. The molecule has 25 heavy (non-hydrogen) atoms. The third-order valence-electron chi connectivity index (χ3n) is 4.17. The zero-order chi connectivity index (χ0) is 17.8. The molecule has 0 radical (unpaired) electrons. The van der Waals surface area contributed by atoms with E-state index in [9.17, 15) is 9.59 Å². The molecule has 7 nitrogen and oxygen atoms in total. The Kier molecular flexibility index (Phi) is 4.85. The van der Waals surface area contributed by atoms with Crippen LogP contribution in [0.5, 0.6) is 5.75 Å². The second-order valence-corrected chi connectivity index (χ2v) is 5.65. The van der Waals surface area contributed by atoms with Crippen LogP contribution in [0.4, 0.5) is 11.4 Å². The summed E-state index contributed by atoms with van der Waals surface area (Å²) in [6.07, 6.45) is 0.676. The molecule has 2 amide bonds. The molecule has 2 aromatic rings. The lowest BCUT2D eigenvalue weighted by Gasteiger charge is -2.30. The van der Waals surface area contributed by atoms with Crippen LogP contribution < -0.4 is 20.4 Å². The van der Waals surface area contributed by atoms with Crippen LogP contribution in [0.1, 0.15) is 16.8 Å². The Balaban J connectivity index is 2.01. The summed E-state index contributed by atoms with van der Waals surface area (Å²) in [5.41, 5.74) is 3.52. The lowest BCUT2D eigenvalue weighted by Crippen LogP contribution is -2.37. The molecule has 0 saturated carbocycles. The molecule has 130 valence electrons. The van der Waals surface area contributed by atoms with Gasteiger partial charge in [0.05, 0.1) is 7.11 Å². The Hall–Kier alpha value is -3.06. The standard InChI is InChI=1S/C18H19N3O4/c1-25-15-4-2-3-14(11-15)21(16-9-10-19-18(16)23)13-7-5-12(6-8-13)17(22)20-24/h2-8,11,16,24H,9-10H2,1H3,(H,19,23)(H,20,22). The molecule has 1 heterocycles. The van der Waals surface area contributed by atoms with Gasteiger partial charge in [-0.25, -0.2) is 5.48 Å². The number of carbonyl (C=O) groups excluding carboxylic acids is 2. The highest BCUT2D eigenvalue weighted by molar-refractivity contribution is 5.94. The molecule has 1 saturated heterocycles. The third-order valence-corrected chi connectivity index (χ3v) is 4.17. The number of amides is 2. The highest BCUT2D eigenvalue weighted by Crippen LogP contribution is 2.32. The van der Waals surface area contributed by atoms with Crippen molar-refractivity contribution in [1.29, 1.82) is 0 Å². The normalized spacial score (nSPS) is 16.2. The van der Waals surface area contributed by atoms with Crippen molar-refractivity contribution in [3.8, 4) is 5.75 Å². The highest BCUT2D eigenvalue weighted by Gasteiger charge is 2.31. The van der Waals surface area contributed by atoms with Crippen molar-refractivity contribution in [2.75, 3.05) is 18.6 Å². The number of rotatable bonds is 5. The van der Waals surface area contributed by atoms with Crippen LogP contribution in [0.15, 0.2) is 48.5 Å². The van der Waals surface area contributed by atoms with E-state index >= 15 is 0 Å². The van der Waals surface area contributed by atoms with Gasteiger partial charge >= 0.3 is 0 Å². The summed E-state index contributed by atoms with van der Waals surface area (Å²) in [5.74, 6) is 0.0651. The lowest BCUT2D eigenvalue weighted by molar-refractivity contribution is -0.120. The fourth-order valence-corrected chi connectivity index (χ4v) is 2.93. The molecule has 3 rings (SSSR count). The van der Waals surface area contributed by atoms with E-state index in [2.05, 4.69) is 5.32 Å². The van der Waals surface area contributed by atoms with Gasteiger partial charge in [-0.05, 0) is 42.8 Å². The van der Waals surface area contributed by atoms with E-state index in [1.807, 2.05) is 29.2 Å². The number of nitrogens with zero attached hydrogens (tertiary/aromatic N) is 1. The molecule has 1 fully saturated rings. The summed E-state index contributed by atoms with van der Waals surface area (Å²) >= 11 is 0. The van der Waals surface area contributed by atoms with Gasteiger partial charge in [-0.1, -0.05) is 6.07 Å². The molecule has 1 aliphatic heterocycles. The summed E-state index contributed by atoms with van der Waals surface area (Å²) in [4.78, 5) is 25.7. The molecule has 0 spiro atoms. The molecule has 2 aromatic carbocycles. The molecule has 3 N–H and O–H groups in total. The maximum atomic E-state index is 12.3. The van der Waals surface area contributed by atoms with Crippen LogP contribution >= 0.6 is 0 Å². The molecule has 0 aromatic heterocycles. The van der Waals surface area contributed by atoms with Crippen molar-refractivity contribution in [2.45, 2.75) is 12.5 Å². The number of carbonyl (C=O) groups is 2. The predicted molar refractivity (Wildman–Crippen MR) is 92.2 cm³/mol. The number of ether oxygens (including phenoxy) is 1. The van der Waals surface area contributed by atoms with Crippen LogP contribution in [0.25, 0.3) is 0 Å². The number of hydroxylamine groups is 1. The van der Waals surface area contributed by atoms with Gasteiger partial charge in [0.15, 0.2) is 0 Å². The summed E-state index contributed by atoms with van der Waals surface area (Å²) in [7, 11) is 1.59. The molecule has 7 heteroatoms. The lowest BCUT2D eigenvalue weighted by atomic mass is 10.1. The molecular weight excluding hydrogens is 322 g/mol. The Morgan fingerprint density at radius 3 is 2.60 bits per heavy atom. The van der Waals surface area contributed by atoms with E-state index in [-0.39, 0.29) is 11.9 Å². The first-order chi connectivity index (χ1) is 12.1. The summed E-state index contributed by atoms with van der Waals surface area (Å²) in [6, 6.07) is 13.8. The van der Waals surface area contributed by atoms with E-state index in [4.69, 9.17) is 9.94 Å². The highest BCUT2D eigenvalue weighted by atomic mass is 16.5. The molecule has 0 bridgehead atoms. The van der Waals surface area contributed by atoms with Gasteiger partial charge in [0.1, 0.15) is 11.8 Å². The number of hydrogen-bond donors (Lipinski definition) is 3. The topological polar surface area (TPSA) is 90.9 Å². The molecule has 1 atom stereocenters. The number of hydrogen-bond acceptors (Lipinski definition) is 5. The first-order valence-corrected chi connectivity index (χ1v) is 7.89. The number of methoxy groups -OCH3 is 1. The minimum absolute atomic E-state index is 0.0417. The van der Waals surface area contributed by atoms with Gasteiger partial charge < -0.3 is 15.0 Å². The van der Waals surface area contributed by atoms with Crippen molar-refractivity contribution >= 4 is 23.2 Å². The maximum absolute atomic E-state index is 12.3. The number of anilines is 2. The first kappa shape index (κ1) is 16.8. The van der Waals surface area contributed by atoms with Gasteiger partial charge in [0, 0.05) is 29.5 Å². The van der Waals surface area contributed by atoms with Crippen molar-refractivity contribution < 1.29 is 19.5 Å². The Bertz CT molecular complexity index is 776. The molecule has 1 aliphatic rings. The van der Waals surface area contributed by atoms with Crippen molar-refractivity contribution in [3.63, 3.8) is 0 Å². The Labute approximate surface area is 145 Å². The minimum Gasteiger partial charge on any atom is -0.497 e.